The number of hydrogen-bond donors (Lipinski definition) is 1. The molecule has 114 valence electrons. The van der Waals surface area contributed by atoms with Gasteiger partial charge in [0, 0.05) is 18.6 Å². The fraction of sp³-hybridized carbons (Fsp3) is 1.00. The average molecular weight is 269 g/mol. The Hall–Kier alpha value is -0.120. The number of nitrogens with one attached hydrogen (secondary N) is 1. The van der Waals surface area contributed by atoms with Crippen LogP contribution >= 0.6 is 0 Å². The van der Waals surface area contributed by atoms with Gasteiger partial charge >= 0.3 is 0 Å². The summed E-state index contributed by atoms with van der Waals surface area (Å²) in [6.45, 7) is 17.5. The monoisotopic (exact) mass is 269 g/mol. The molecule has 19 heavy (non-hydrogen) atoms. The summed E-state index contributed by atoms with van der Waals surface area (Å²) in [4.78, 5) is 5.16. The first kappa shape index (κ1) is 16.9. The van der Waals surface area contributed by atoms with Gasteiger partial charge in [0.1, 0.15) is 0 Å². The lowest BCUT2D eigenvalue weighted by Gasteiger charge is -2.42. The van der Waals surface area contributed by atoms with Gasteiger partial charge in [0.05, 0.1) is 0 Å². The highest BCUT2D eigenvalue weighted by Crippen LogP contribution is 2.25. The predicted molar refractivity (Wildman–Crippen MR) is 84.7 cm³/mol. The van der Waals surface area contributed by atoms with Gasteiger partial charge in [0.15, 0.2) is 0 Å². The van der Waals surface area contributed by atoms with Crippen LogP contribution in [-0.2, 0) is 0 Å². The summed E-state index contributed by atoms with van der Waals surface area (Å²) >= 11 is 0. The zero-order chi connectivity index (χ0) is 14.5. The Morgan fingerprint density at radius 3 is 2.32 bits per heavy atom. The molecule has 0 spiro atoms. The summed E-state index contributed by atoms with van der Waals surface area (Å²) in [5.74, 6) is 0. The molecule has 1 unspecified atom stereocenters. The Labute approximate surface area is 120 Å². The van der Waals surface area contributed by atoms with E-state index in [1.807, 2.05) is 0 Å². The molecule has 3 heteroatoms. The second-order valence-corrected chi connectivity index (χ2v) is 6.85. The van der Waals surface area contributed by atoms with Crippen molar-refractivity contribution in [2.24, 2.45) is 5.41 Å². The first-order chi connectivity index (χ1) is 8.90. The Balaban J connectivity index is 2.43. The lowest BCUT2D eigenvalue weighted by atomic mass is 9.84. The molecule has 1 heterocycles. The molecule has 0 aromatic carbocycles. The second kappa shape index (κ2) is 7.61. The van der Waals surface area contributed by atoms with Crippen molar-refractivity contribution < 1.29 is 0 Å². The minimum absolute atomic E-state index is 0.326. The molecule has 0 saturated carbocycles. The van der Waals surface area contributed by atoms with Crippen LogP contribution in [0.15, 0.2) is 0 Å². The van der Waals surface area contributed by atoms with Crippen LogP contribution in [0.1, 0.15) is 47.5 Å². The van der Waals surface area contributed by atoms with Gasteiger partial charge in [0.2, 0.25) is 0 Å². The fourth-order valence-corrected chi connectivity index (χ4v) is 3.17. The van der Waals surface area contributed by atoms with Crippen LogP contribution in [0.4, 0.5) is 0 Å². The van der Waals surface area contributed by atoms with Gasteiger partial charge in [-0.15, -0.1) is 0 Å². The molecule has 0 amide bonds. The van der Waals surface area contributed by atoms with Crippen molar-refractivity contribution in [2.75, 3.05) is 39.8 Å². The molecule has 3 nitrogen and oxygen atoms in total. The number of nitrogens with zero attached hydrogens (tertiary/aromatic N) is 2. The molecule has 1 fully saturated rings. The summed E-state index contributed by atoms with van der Waals surface area (Å²) in [6.07, 6.45) is 2.66. The average Bonchev–Trinajstić information content (AvgIpc) is 2.38. The standard InChI is InChI=1S/C16H35N3/c1-7-17-14(3)16(4,5)13-18(6)15-9-11-19(8-2)12-10-15/h14-15,17H,7-13H2,1-6H3. The van der Waals surface area contributed by atoms with Gasteiger partial charge in [-0.05, 0) is 58.4 Å². The van der Waals surface area contributed by atoms with Crippen LogP contribution in [0.5, 0.6) is 0 Å². The molecule has 0 aliphatic carbocycles. The highest BCUT2D eigenvalue weighted by Gasteiger charge is 2.30. The van der Waals surface area contributed by atoms with E-state index in [0.29, 0.717) is 11.5 Å². The van der Waals surface area contributed by atoms with Crippen LogP contribution in [0.2, 0.25) is 0 Å². The number of hydrogen-bond acceptors (Lipinski definition) is 3. The molecular formula is C16H35N3. The third-order valence-electron chi connectivity index (χ3n) is 4.97. The zero-order valence-corrected chi connectivity index (χ0v) is 14.0. The second-order valence-electron chi connectivity index (χ2n) is 6.85. The molecule has 0 bridgehead atoms. The van der Waals surface area contributed by atoms with Gasteiger partial charge in [-0.25, -0.2) is 0 Å². The third-order valence-corrected chi connectivity index (χ3v) is 4.97. The van der Waals surface area contributed by atoms with Crippen LogP contribution < -0.4 is 5.32 Å². The molecule has 1 aliphatic heterocycles. The molecule has 1 N–H and O–H groups in total. The van der Waals surface area contributed by atoms with E-state index in [1.165, 1.54) is 39.0 Å². The van der Waals surface area contributed by atoms with E-state index >= 15 is 0 Å². The largest absolute Gasteiger partial charge is 0.314 e. The predicted octanol–water partition coefficient (Wildman–Crippen LogP) is 2.43. The normalized spacial score (nSPS) is 21.0. The van der Waals surface area contributed by atoms with E-state index in [0.717, 1.165) is 12.6 Å². The van der Waals surface area contributed by atoms with Gasteiger partial charge < -0.3 is 15.1 Å². The molecule has 0 aromatic rings. The highest BCUT2D eigenvalue weighted by molar-refractivity contribution is 4.86. The van der Waals surface area contributed by atoms with Crippen molar-refractivity contribution in [1.82, 2.24) is 15.1 Å². The van der Waals surface area contributed by atoms with Gasteiger partial charge in [-0.3, -0.25) is 0 Å². The Bertz CT molecular complexity index is 244. The van der Waals surface area contributed by atoms with Crippen molar-refractivity contribution in [3.8, 4) is 0 Å². The number of piperidine rings is 1. The molecule has 0 aromatic heterocycles. The maximum absolute atomic E-state index is 3.58. The topological polar surface area (TPSA) is 18.5 Å². The van der Waals surface area contributed by atoms with Crippen molar-refractivity contribution in [3.05, 3.63) is 0 Å². The van der Waals surface area contributed by atoms with Crippen molar-refractivity contribution >= 4 is 0 Å². The zero-order valence-electron chi connectivity index (χ0n) is 14.0. The summed E-state index contributed by atoms with van der Waals surface area (Å²) in [5, 5.41) is 3.58. The molecule has 1 rings (SSSR count). The Morgan fingerprint density at radius 2 is 1.84 bits per heavy atom. The highest BCUT2D eigenvalue weighted by atomic mass is 15.2. The smallest absolute Gasteiger partial charge is 0.0117 e. The van der Waals surface area contributed by atoms with E-state index in [9.17, 15) is 0 Å². The maximum atomic E-state index is 3.58. The van der Waals surface area contributed by atoms with Crippen LogP contribution in [0.3, 0.4) is 0 Å². The molecule has 1 atom stereocenters. The van der Waals surface area contributed by atoms with E-state index in [1.54, 1.807) is 0 Å². The van der Waals surface area contributed by atoms with Crippen molar-refractivity contribution in [2.45, 2.75) is 59.5 Å². The minimum atomic E-state index is 0.326. The fourth-order valence-electron chi connectivity index (χ4n) is 3.17. The van der Waals surface area contributed by atoms with Gasteiger partial charge in [0.25, 0.3) is 0 Å². The van der Waals surface area contributed by atoms with Crippen molar-refractivity contribution in [1.29, 1.82) is 0 Å². The lowest BCUT2D eigenvalue weighted by molar-refractivity contribution is 0.0859. The molecular weight excluding hydrogens is 234 g/mol. The molecule has 1 aliphatic rings. The van der Waals surface area contributed by atoms with Crippen LogP contribution in [0.25, 0.3) is 0 Å². The number of rotatable bonds is 7. The molecule has 0 radical (unpaired) electrons. The summed E-state index contributed by atoms with van der Waals surface area (Å²) in [7, 11) is 2.31. The summed E-state index contributed by atoms with van der Waals surface area (Å²) < 4.78 is 0. The lowest BCUT2D eigenvalue weighted by Crippen LogP contribution is -2.50. The summed E-state index contributed by atoms with van der Waals surface area (Å²) in [6, 6.07) is 1.34. The van der Waals surface area contributed by atoms with E-state index in [-0.39, 0.29) is 0 Å². The van der Waals surface area contributed by atoms with Gasteiger partial charge in [-0.2, -0.15) is 0 Å². The van der Waals surface area contributed by atoms with E-state index < -0.39 is 0 Å². The van der Waals surface area contributed by atoms with E-state index in [4.69, 9.17) is 0 Å². The minimum Gasteiger partial charge on any atom is -0.314 e. The first-order valence-corrected chi connectivity index (χ1v) is 8.06. The van der Waals surface area contributed by atoms with Crippen LogP contribution in [-0.4, -0.2) is 61.7 Å². The maximum Gasteiger partial charge on any atom is 0.0117 e. The van der Waals surface area contributed by atoms with E-state index in [2.05, 4.69) is 56.8 Å². The van der Waals surface area contributed by atoms with Gasteiger partial charge in [-0.1, -0.05) is 27.7 Å². The Morgan fingerprint density at radius 1 is 1.26 bits per heavy atom. The summed E-state index contributed by atoms with van der Waals surface area (Å²) in [5.41, 5.74) is 0.326. The quantitative estimate of drug-likeness (QED) is 0.766. The van der Waals surface area contributed by atoms with Crippen LogP contribution in [0, 0.1) is 5.41 Å². The third kappa shape index (κ3) is 5.05. The Kier molecular flexibility index (Phi) is 6.78. The first-order valence-electron chi connectivity index (χ1n) is 8.06. The van der Waals surface area contributed by atoms with Crippen molar-refractivity contribution in [3.63, 3.8) is 0 Å². The molecule has 1 saturated heterocycles. The SMILES string of the molecule is CCNC(C)C(C)(C)CN(C)C1CCN(CC)CC1. The number of likely N-dealkylation sites (tertiary alicyclic amines) is 1.